The van der Waals surface area contributed by atoms with E-state index < -0.39 is 0 Å². The molecule has 0 atom stereocenters. The van der Waals surface area contributed by atoms with Gasteiger partial charge >= 0.3 is 0 Å². The van der Waals surface area contributed by atoms with Gasteiger partial charge in [0.05, 0.1) is 16.1 Å². The van der Waals surface area contributed by atoms with E-state index in [1.165, 1.54) is 42.5 Å². The number of hydrogen-bond acceptors (Lipinski definition) is 5. The molecule has 28 heavy (non-hydrogen) atoms. The Morgan fingerprint density at radius 3 is 2.39 bits per heavy atom. The monoisotopic (exact) mass is 395 g/mol. The summed E-state index contributed by atoms with van der Waals surface area (Å²) >= 11 is 1.22. The molecule has 2 amide bonds. The lowest BCUT2D eigenvalue weighted by atomic mass is 10.1. The van der Waals surface area contributed by atoms with E-state index in [2.05, 4.69) is 15.5 Å². The first-order chi connectivity index (χ1) is 13.7. The van der Waals surface area contributed by atoms with Gasteiger partial charge in [0.25, 0.3) is 11.8 Å². The Labute approximate surface area is 167 Å². The number of piperidine rings is 1. The number of nitrogens with one attached hydrogen (secondary N) is 2. The first-order valence-electron chi connectivity index (χ1n) is 9.30. The standard InChI is InChI=1S/C21H21N3O3S/c25-20(17-5-4-14-27-17)23-19-11-10-18(28-19)21(26)22-15-6-8-16(9-7-15)24-12-2-1-3-13-24/h4-11,14H,1-3,12-13H2,(H,22,26)(H,23,25). The van der Waals surface area contributed by atoms with Gasteiger partial charge in [-0.1, -0.05) is 0 Å². The van der Waals surface area contributed by atoms with Gasteiger partial charge in [0, 0.05) is 24.5 Å². The number of rotatable bonds is 5. The van der Waals surface area contributed by atoms with E-state index in [0.717, 1.165) is 18.8 Å². The van der Waals surface area contributed by atoms with Gasteiger partial charge < -0.3 is 20.0 Å². The van der Waals surface area contributed by atoms with Crippen LogP contribution in [0.2, 0.25) is 0 Å². The number of hydrogen-bond donors (Lipinski definition) is 2. The van der Waals surface area contributed by atoms with Crippen LogP contribution in [0.4, 0.5) is 16.4 Å². The Hall–Kier alpha value is -3.06. The largest absolute Gasteiger partial charge is 0.459 e. The van der Waals surface area contributed by atoms with Crippen molar-refractivity contribution in [3.8, 4) is 0 Å². The molecular formula is C21H21N3O3S. The van der Waals surface area contributed by atoms with E-state index in [1.54, 1.807) is 24.3 Å². The minimum Gasteiger partial charge on any atom is -0.459 e. The van der Waals surface area contributed by atoms with Crippen LogP contribution in [0.1, 0.15) is 39.5 Å². The van der Waals surface area contributed by atoms with E-state index in [0.29, 0.717) is 9.88 Å². The third-order valence-electron chi connectivity index (χ3n) is 4.66. The quantitative estimate of drug-likeness (QED) is 0.648. The first kappa shape index (κ1) is 18.3. The molecule has 2 aromatic heterocycles. The minimum absolute atomic E-state index is 0.200. The minimum atomic E-state index is -0.341. The second-order valence-electron chi connectivity index (χ2n) is 6.64. The molecule has 7 heteroatoms. The molecule has 0 bridgehead atoms. The molecule has 0 saturated carbocycles. The zero-order valence-electron chi connectivity index (χ0n) is 15.3. The van der Waals surface area contributed by atoms with Gasteiger partial charge in [0.1, 0.15) is 0 Å². The molecule has 0 aliphatic carbocycles. The molecule has 0 unspecified atom stereocenters. The topological polar surface area (TPSA) is 74.6 Å². The van der Waals surface area contributed by atoms with Crippen LogP contribution in [0.25, 0.3) is 0 Å². The Morgan fingerprint density at radius 1 is 0.893 bits per heavy atom. The second-order valence-corrected chi connectivity index (χ2v) is 7.73. The van der Waals surface area contributed by atoms with Crippen molar-refractivity contribution in [2.45, 2.75) is 19.3 Å². The summed E-state index contributed by atoms with van der Waals surface area (Å²) in [7, 11) is 0. The van der Waals surface area contributed by atoms with Crippen LogP contribution in [0.5, 0.6) is 0 Å². The van der Waals surface area contributed by atoms with Crippen molar-refractivity contribution < 1.29 is 14.0 Å². The number of benzene rings is 1. The van der Waals surface area contributed by atoms with Gasteiger partial charge in [0.2, 0.25) is 0 Å². The SMILES string of the molecule is O=C(Nc1ccc(C(=O)Nc2ccc(N3CCCCC3)cc2)s1)c1ccco1. The molecule has 4 rings (SSSR count). The third kappa shape index (κ3) is 4.26. The molecule has 1 aliphatic rings. The van der Waals surface area contributed by atoms with E-state index in [1.807, 2.05) is 24.3 Å². The molecule has 3 heterocycles. The molecule has 3 aromatic rings. The van der Waals surface area contributed by atoms with Crippen molar-refractivity contribution in [3.05, 3.63) is 65.4 Å². The van der Waals surface area contributed by atoms with Crippen LogP contribution in [-0.2, 0) is 0 Å². The number of carbonyl (C=O) groups excluding carboxylic acids is 2. The normalized spacial score (nSPS) is 13.9. The summed E-state index contributed by atoms with van der Waals surface area (Å²) in [6, 6.07) is 14.6. The summed E-state index contributed by atoms with van der Waals surface area (Å²) in [5.41, 5.74) is 1.94. The maximum Gasteiger partial charge on any atom is 0.291 e. The highest BCUT2D eigenvalue weighted by Gasteiger charge is 2.14. The predicted octanol–water partition coefficient (Wildman–Crippen LogP) is 4.84. The zero-order valence-corrected chi connectivity index (χ0v) is 16.1. The summed E-state index contributed by atoms with van der Waals surface area (Å²) in [4.78, 5) is 27.4. The number of carbonyl (C=O) groups is 2. The number of amides is 2. The molecular weight excluding hydrogens is 374 g/mol. The molecule has 1 saturated heterocycles. The highest BCUT2D eigenvalue weighted by atomic mass is 32.1. The van der Waals surface area contributed by atoms with Crippen LogP contribution >= 0.6 is 11.3 Å². The van der Waals surface area contributed by atoms with E-state index in [9.17, 15) is 9.59 Å². The molecule has 2 N–H and O–H groups in total. The number of anilines is 3. The lowest BCUT2D eigenvalue weighted by molar-refractivity contribution is 0.0995. The Bertz CT molecular complexity index is 942. The summed E-state index contributed by atoms with van der Waals surface area (Å²) in [5.74, 6) is -0.311. The van der Waals surface area contributed by atoms with Crippen LogP contribution in [0.3, 0.4) is 0 Å². The van der Waals surface area contributed by atoms with Gasteiger partial charge in [-0.25, -0.2) is 0 Å². The summed E-state index contributed by atoms with van der Waals surface area (Å²) < 4.78 is 5.06. The molecule has 1 aromatic carbocycles. The third-order valence-corrected chi connectivity index (χ3v) is 5.66. The number of nitrogens with zero attached hydrogens (tertiary/aromatic N) is 1. The van der Waals surface area contributed by atoms with Gasteiger partial charge in [-0.15, -0.1) is 11.3 Å². The molecule has 1 aliphatic heterocycles. The maximum absolute atomic E-state index is 12.5. The average molecular weight is 395 g/mol. The molecule has 0 radical (unpaired) electrons. The van der Waals surface area contributed by atoms with E-state index in [4.69, 9.17) is 4.42 Å². The summed E-state index contributed by atoms with van der Waals surface area (Å²) in [5, 5.41) is 6.22. The van der Waals surface area contributed by atoms with E-state index in [-0.39, 0.29) is 17.6 Å². The fourth-order valence-electron chi connectivity index (χ4n) is 3.21. The second kappa shape index (κ2) is 8.31. The highest BCUT2D eigenvalue weighted by molar-refractivity contribution is 7.18. The van der Waals surface area contributed by atoms with Crippen LogP contribution in [0.15, 0.2) is 59.2 Å². The predicted molar refractivity (Wildman–Crippen MR) is 111 cm³/mol. The summed E-state index contributed by atoms with van der Waals surface area (Å²) in [6.07, 6.45) is 5.21. The zero-order chi connectivity index (χ0) is 19.3. The maximum atomic E-state index is 12.5. The van der Waals surface area contributed by atoms with Crippen LogP contribution < -0.4 is 15.5 Å². The average Bonchev–Trinajstić information content (AvgIpc) is 3.41. The van der Waals surface area contributed by atoms with Crippen molar-refractivity contribution in [1.29, 1.82) is 0 Å². The van der Waals surface area contributed by atoms with Crippen LogP contribution in [-0.4, -0.2) is 24.9 Å². The van der Waals surface area contributed by atoms with Gasteiger partial charge in [-0.3, -0.25) is 9.59 Å². The van der Waals surface area contributed by atoms with Gasteiger partial charge in [-0.2, -0.15) is 0 Å². The highest BCUT2D eigenvalue weighted by Crippen LogP contribution is 2.25. The lowest BCUT2D eigenvalue weighted by Crippen LogP contribution is -2.29. The van der Waals surface area contributed by atoms with Crippen molar-refractivity contribution in [1.82, 2.24) is 0 Å². The smallest absolute Gasteiger partial charge is 0.291 e. The van der Waals surface area contributed by atoms with Gasteiger partial charge in [-0.05, 0) is 67.8 Å². The Balaban J connectivity index is 1.36. The van der Waals surface area contributed by atoms with Crippen molar-refractivity contribution in [3.63, 3.8) is 0 Å². The first-order valence-corrected chi connectivity index (χ1v) is 10.1. The number of furan rings is 1. The van der Waals surface area contributed by atoms with Gasteiger partial charge in [0.15, 0.2) is 5.76 Å². The fourth-order valence-corrected chi connectivity index (χ4v) is 4.01. The Kier molecular flexibility index (Phi) is 5.43. The lowest BCUT2D eigenvalue weighted by Gasteiger charge is -2.28. The Morgan fingerprint density at radius 2 is 1.68 bits per heavy atom. The van der Waals surface area contributed by atoms with Crippen molar-refractivity contribution >= 4 is 39.5 Å². The summed E-state index contributed by atoms with van der Waals surface area (Å²) in [6.45, 7) is 2.18. The fraction of sp³-hybridized carbons (Fsp3) is 0.238. The van der Waals surface area contributed by atoms with Crippen molar-refractivity contribution in [2.24, 2.45) is 0 Å². The van der Waals surface area contributed by atoms with E-state index >= 15 is 0 Å². The molecule has 0 spiro atoms. The molecule has 1 fully saturated rings. The molecule has 6 nitrogen and oxygen atoms in total. The van der Waals surface area contributed by atoms with Crippen LogP contribution in [0, 0.1) is 0 Å². The van der Waals surface area contributed by atoms with Crippen molar-refractivity contribution in [2.75, 3.05) is 28.6 Å². The molecule has 144 valence electrons. The number of thiophene rings is 1.